The molecule has 0 spiro atoms. The second kappa shape index (κ2) is 5.14. The Morgan fingerprint density at radius 3 is 2.56 bits per heavy atom. The number of benzene rings is 1. The molecule has 0 saturated carbocycles. The predicted molar refractivity (Wildman–Crippen MR) is 68.6 cm³/mol. The molecular weight excluding hydrogens is 228 g/mol. The Labute approximate surface area is 106 Å². The monoisotopic (exact) mass is 244 g/mol. The van der Waals surface area contributed by atoms with E-state index >= 15 is 0 Å². The highest BCUT2D eigenvalue weighted by molar-refractivity contribution is 5.44. The van der Waals surface area contributed by atoms with E-state index in [-0.39, 0.29) is 0 Å². The fourth-order valence-corrected chi connectivity index (χ4v) is 1.97. The summed E-state index contributed by atoms with van der Waals surface area (Å²) in [5, 5.41) is 17.8. The van der Waals surface area contributed by atoms with Gasteiger partial charge in [-0.3, -0.25) is 0 Å². The van der Waals surface area contributed by atoms with Gasteiger partial charge in [-0.1, -0.05) is 0 Å². The van der Waals surface area contributed by atoms with Crippen LogP contribution in [-0.4, -0.2) is 22.4 Å². The third-order valence-corrected chi connectivity index (χ3v) is 3.00. The van der Waals surface area contributed by atoms with Crippen molar-refractivity contribution in [2.75, 3.05) is 7.11 Å². The second-order valence-electron chi connectivity index (χ2n) is 4.26. The molecule has 94 valence electrons. The first-order valence-electron chi connectivity index (χ1n) is 5.73. The lowest BCUT2D eigenvalue weighted by molar-refractivity contribution is 0.218. The third-order valence-electron chi connectivity index (χ3n) is 3.00. The summed E-state index contributed by atoms with van der Waals surface area (Å²) in [6, 6.07) is 5.64. The first-order chi connectivity index (χ1) is 8.63. The number of aliphatic hydroxyl groups excluding tert-OH is 1. The highest BCUT2D eigenvalue weighted by Gasteiger charge is 2.15. The van der Waals surface area contributed by atoms with Gasteiger partial charge in [0.15, 0.2) is 0 Å². The maximum absolute atomic E-state index is 10.4. The zero-order valence-electron chi connectivity index (χ0n) is 10.7. The van der Waals surface area contributed by atoms with Gasteiger partial charge in [-0.2, -0.15) is 10.2 Å². The minimum atomic E-state index is -0.690. The molecule has 0 radical (unpaired) electrons. The van der Waals surface area contributed by atoms with Gasteiger partial charge < -0.3 is 9.84 Å². The van der Waals surface area contributed by atoms with Gasteiger partial charge in [0.1, 0.15) is 11.9 Å². The molecule has 0 aliphatic rings. The fraction of sp³-hybridized carbons (Fsp3) is 0.286. The Morgan fingerprint density at radius 1 is 1.17 bits per heavy atom. The molecule has 4 nitrogen and oxygen atoms in total. The number of hydrogen-bond donors (Lipinski definition) is 1. The molecule has 1 aromatic heterocycles. The van der Waals surface area contributed by atoms with Crippen molar-refractivity contribution in [2.24, 2.45) is 0 Å². The molecular formula is C14H16N2O2. The van der Waals surface area contributed by atoms with Gasteiger partial charge in [-0.15, -0.1) is 0 Å². The minimum absolute atomic E-state index is 0.690. The van der Waals surface area contributed by atoms with Gasteiger partial charge in [0.25, 0.3) is 0 Å². The number of rotatable bonds is 3. The van der Waals surface area contributed by atoms with Gasteiger partial charge in [0, 0.05) is 11.8 Å². The number of ether oxygens (including phenoxy) is 1. The molecule has 0 fully saturated rings. The maximum atomic E-state index is 10.4. The Kier molecular flexibility index (Phi) is 3.58. The summed E-state index contributed by atoms with van der Waals surface area (Å²) in [5.74, 6) is 0.830. The molecule has 0 bridgehead atoms. The van der Waals surface area contributed by atoms with Crippen molar-refractivity contribution >= 4 is 0 Å². The van der Waals surface area contributed by atoms with Crippen LogP contribution in [0.25, 0.3) is 0 Å². The Morgan fingerprint density at radius 2 is 1.94 bits per heavy atom. The van der Waals surface area contributed by atoms with Gasteiger partial charge in [0.05, 0.1) is 13.3 Å². The normalized spacial score (nSPS) is 12.2. The van der Waals surface area contributed by atoms with E-state index in [2.05, 4.69) is 10.2 Å². The van der Waals surface area contributed by atoms with E-state index in [1.165, 1.54) is 0 Å². The minimum Gasteiger partial charge on any atom is -0.496 e. The zero-order chi connectivity index (χ0) is 13.1. The molecule has 18 heavy (non-hydrogen) atoms. The number of aryl methyl sites for hydroxylation is 2. The lowest BCUT2D eigenvalue weighted by atomic mass is 9.96. The van der Waals surface area contributed by atoms with Crippen molar-refractivity contribution in [3.63, 3.8) is 0 Å². The van der Waals surface area contributed by atoms with Crippen molar-refractivity contribution in [1.29, 1.82) is 0 Å². The summed E-state index contributed by atoms with van der Waals surface area (Å²) in [4.78, 5) is 0. The van der Waals surface area contributed by atoms with Crippen molar-refractivity contribution in [2.45, 2.75) is 20.0 Å². The number of methoxy groups -OCH3 is 1. The molecule has 0 saturated heterocycles. The number of aromatic nitrogens is 2. The van der Waals surface area contributed by atoms with E-state index < -0.39 is 6.10 Å². The van der Waals surface area contributed by atoms with E-state index in [4.69, 9.17) is 4.74 Å². The highest BCUT2D eigenvalue weighted by Crippen LogP contribution is 2.29. The summed E-state index contributed by atoms with van der Waals surface area (Å²) in [6.07, 6.45) is 2.46. The van der Waals surface area contributed by atoms with Crippen LogP contribution in [0.15, 0.2) is 30.6 Å². The van der Waals surface area contributed by atoms with Crippen molar-refractivity contribution in [3.8, 4) is 5.75 Å². The van der Waals surface area contributed by atoms with Crippen LogP contribution in [0.5, 0.6) is 5.75 Å². The summed E-state index contributed by atoms with van der Waals surface area (Å²) in [6.45, 7) is 3.91. The number of nitrogens with zero attached hydrogens (tertiary/aromatic N) is 2. The smallest absolute Gasteiger partial charge is 0.122 e. The Bertz CT molecular complexity index is 541. The van der Waals surface area contributed by atoms with Crippen LogP contribution in [-0.2, 0) is 0 Å². The summed E-state index contributed by atoms with van der Waals surface area (Å²) in [7, 11) is 1.64. The first-order valence-corrected chi connectivity index (χ1v) is 5.73. The first kappa shape index (κ1) is 12.5. The topological polar surface area (TPSA) is 55.2 Å². The standard InChI is InChI=1S/C14H16N2O2/c1-9-7-13(18-3)10(2)6-12(9)14(17)11-4-5-15-16-8-11/h4-8,14,17H,1-3H3. The highest BCUT2D eigenvalue weighted by atomic mass is 16.5. The summed E-state index contributed by atoms with van der Waals surface area (Å²) >= 11 is 0. The maximum Gasteiger partial charge on any atom is 0.122 e. The summed E-state index contributed by atoms with van der Waals surface area (Å²) < 4.78 is 5.26. The number of hydrogen-bond acceptors (Lipinski definition) is 4. The van der Waals surface area contributed by atoms with Gasteiger partial charge in [-0.25, -0.2) is 0 Å². The molecule has 1 atom stereocenters. The quantitative estimate of drug-likeness (QED) is 0.899. The molecule has 1 aromatic carbocycles. The zero-order valence-corrected chi connectivity index (χ0v) is 10.7. The Balaban J connectivity index is 2.43. The van der Waals surface area contributed by atoms with Gasteiger partial charge in [-0.05, 0) is 48.7 Å². The molecule has 2 rings (SSSR count). The van der Waals surface area contributed by atoms with Crippen LogP contribution in [0.4, 0.5) is 0 Å². The van der Waals surface area contributed by atoms with Gasteiger partial charge in [0.2, 0.25) is 0 Å². The van der Waals surface area contributed by atoms with Gasteiger partial charge >= 0.3 is 0 Å². The molecule has 1 heterocycles. The Hall–Kier alpha value is -1.94. The molecule has 1 unspecified atom stereocenters. The van der Waals surface area contributed by atoms with E-state index in [1.807, 2.05) is 26.0 Å². The van der Waals surface area contributed by atoms with Crippen molar-refractivity contribution < 1.29 is 9.84 Å². The fourth-order valence-electron chi connectivity index (χ4n) is 1.97. The number of aliphatic hydroxyl groups is 1. The second-order valence-corrected chi connectivity index (χ2v) is 4.26. The van der Waals surface area contributed by atoms with Crippen LogP contribution in [0.3, 0.4) is 0 Å². The van der Waals surface area contributed by atoms with E-state index in [9.17, 15) is 5.11 Å². The average Bonchev–Trinajstić information content (AvgIpc) is 2.41. The van der Waals surface area contributed by atoms with Crippen molar-refractivity contribution in [3.05, 3.63) is 52.8 Å². The van der Waals surface area contributed by atoms with Crippen LogP contribution in [0, 0.1) is 13.8 Å². The molecule has 4 heteroatoms. The molecule has 0 aliphatic carbocycles. The lowest BCUT2D eigenvalue weighted by Crippen LogP contribution is -2.04. The largest absolute Gasteiger partial charge is 0.496 e. The molecule has 0 aliphatic heterocycles. The third kappa shape index (κ3) is 2.33. The average molecular weight is 244 g/mol. The van der Waals surface area contributed by atoms with E-state index in [0.717, 1.165) is 28.0 Å². The van der Waals surface area contributed by atoms with Crippen LogP contribution < -0.4 is 4.74 Å². The van der Waals surface area contributed by atoms with Crippen LogP contribution in [0.1, 0.15) is 28.4 Å². The molecule has 0 amide bonds. The van der Waals surface area contributed by atoms with Crippen molar-refractivity contribution in [1.82, 2.24) is 10.2 Å². The summed E-state index contributed by atoms with van der Waals surface area (Å²) in [5.41, 5.74) is 3.58. The molecule has 2 aromatic rings. The lowest BCUT2D eigenvalue weighted by Gasteiger charge is -2.16. The SMILES string of the molecule is COc1cc(C)c(C(O)c2ccnnc2)cc1C. The van der Waals surface area contributed by atoms with Crippen LogP contribution >= 0.6 is 0 Å². The molecule has 1 N–H and O–H groups in total. The van der Waals surface area contributed by atoms with E-state index in [1.54, 1.807) is 25.6 Å². The van der Waals surface area contributed by atoms with E-state index in [0.29, 0.717) is 0 Å². The van der Waals surface area contributed by atoms with Crippen LogP contribution in [0.2, 0.25) is 0 Å². The predicted octanol–water partition coefficient (Wildman–Crippen LogP) is 2.18.